The van der Waals surface area contributed by atoms with E-state index in [1.165, 1.54) is 24.5 Å². The van der Waals surface area contributed by atoms with Gasteiger partial charge < -0.3 is 9.88 Å². The number of hydrogen-bond donors (Lipinski definition) is 1. The van der Waals surface area contributed by atoms with Crippen molar-refractivity contribution in [1.82, 2.24) is 9.55 Å². The molecular formula is C15H18FN3. The molecule has 1 aromatic carbocycles. The molecule has 0 amide bonds. The van der Waals surface area contributed by atoms with Gasteiger partial charge in [-0.2, -0.15) is 0 Å². The summed E-state index contributed by atoms with van der Waals surface area (Å²) in [6.07, 6.45) is 7.25. The molecule has 1 heterocycles. The van der Waals surface area contributed by atoms with Crippen molar-refractivity contribution < 1.29 is 4.39 Å². The van der Waals surface area contributed by atoms with Crippen LogP contribution in [-0.4, -0.2) is 16.1 Å². The van der Waals surface area contributed by atoms with E-state index in [1.807, 2.05) is 25.4 Å². The summed E-state index contributed by atoms with van der Waals surface area (Å²) in [5.41, 5.74) is 2.19. The van der Waals surface area contributed by atoms with Crippen LogP contribution in [0.1, 0.15) is 30.0 Å². The average molecular weight is 259 g/mol. The lowest BCUT2D eigenvalue weighted by atomic mass is 10.1. The molecule has 0 bridgehead atoms. The fourth-order valence-electron chi connectivity index (χ4n) is 2.35. The van der Waals surface area contributed by atoms with Crippen LogP contribution in [0.5, 0.6) is 0 Å². The van der Waals surface area contributed by atoms with Crippen molar-refractivity contribution in [3.63, 3.8) is 0 Å². The Kier molecular flexibility index (Phi) is 3.23. The van der Waals surface area contributed by atoms with E-state index in [2.05, 4.69) is 14.9 Å². The highest BCUT2D eigenvalue weighted by atomic mass is 19.1. The van der Waals surface area contributed by atoms with E-state index >= 15 is 0 Å². The first-order valence-corrected chi connectivity index (χ1v) is 6.76. The van der Waals surface area contributed by atoms with Gasteiger partial charge >= 0.3 is 0 Å². The summed E-state index contributed by atoms with van der Waals surface area (Å²) in [5, 5.41) is 3.36. The molecule has 0 saturated heterocycles. The first-order chi connectivity index (χ1) is 9.24. The molecule has 1 aliphatic carbocycles. The molecule has 100 valence electrons. The molecule has 1 aromatic heterocycles. The Morgan fingerprint density at radius 1 is 1.42 bits per heavy atom. The topological polar surface area (TPSA) is 29.9 Å². The number of aromatic nitrogens is 2. The Morgan fingerprint density at radius 3 is 3.00 bits per heavy atom. The number of halogens is 1. The maximum absolute atomic E-state index is 13.0. The van der Waals surface area contributed by atoms with Gasteiger partial charge in [0.15, 0.2) is 0 Å². The summed E-state index contributed by atoms with van der Waals surface area (Å²) < 4.78 is 15.2. The van der Waals surface area contributed by atoms with E-state index in [0.717, 1.165) is 24.5 Å². The summed E-state index contributed by atoms with van der Waals surface area (Å²) in [6.45, 7) is 2.76. The third-order valence-corrected chi connectivity index (χ3v) is 3.59. The standard InChI is InChI=1S/C15H18FN3/c1-11-10-13(16)3-2-12(11)6-7-17-15-18-8-9-19(15)14-4-5-14/h2-3,8-10,14H,4-7H2,1H3,(H,17,18). The molecule has 4 heteroatoms. The van der Waals surface area contributed by atoms with Crippen LogP contribution in [-0.2, 0) is 6.42 Å². The van der Waals surface area contributed by atoms with Crippen molar-refractivity contribution in [3.05, 3.63) is 47.5 Å². The molecule has 0 unspecified atom stereocenters. The molecule has 0 radical (unpaired) electrons. The van der Waals surface area contributed by atoms with Crippen molar-refractivity contribution in [2.45, 2.75) is 32.2 Å². The van der Waals surface area contributed by atoms with Crippen LogP contribution in [0.15, 0.2) is 30.6 Å². The third kappa shape index (κ3) is 2.78. The first kappa shape index (κ1) is 12.2. The zero-order valence-corrected chi connectivity index (χ0v) is 11.1. The van der Waals surface area contributed by atoms with Gasteiger partial charge in [-0.05, 0) is 49.4 Å². The molecule has 1 saturated carbocycles. The molecule has 1 N–H and O–H groups in total. The maximum atomic E-state index is 13.0. The normalized spacial score (nSPS) is 14.6. The van der Waals surface area contributed by atoms with Crippen LogP contribution in [0.4, 0.5) is 10.3 Å². The second-order valence-corrected chi connectivity index (χ2v) is 5.14. The zero-order chi connectivity index (χ0) is 13.2. The van der Waals surface area contributed by atoms with E-state index in [9.17, 15) is 4.39 Å². The van der Waals surface area contributed by atoms with Gasteiger partial charge in [0.05, 0.1) is 0 Å². The molecule has 3 rings (SSSR count). The van der Waals surface area contributed by atoms with Gasteiger partial charge in [-0.15, -0.1) is 0 Å². The van der Waals surface area contributed by atoms with Crippen molar-refractivity contribution in [2.24, 2.45) is 0 Å². The predicted octanol–water partition coefficient (Wildman–Crippen LogP) is 3.32. The smallest absolute Gasteiger partial charge is 0.203 e. The highest BCUT2D eigenvalue weighted by Crippen LogP contribution is 2.36. The molecule has 3 nitrogen and oxygen atoms in total. The third-order valence-electron chi connectivity index (χ3n) is 3.59. The number of anilines is 1. The molecule has 0 aliphatic heterocycles. The van der Waals surface area contributed by atoms with E-state index in [1.54, 1.807) is 6.07 Å². The van der Waals surface area contributed by atoms with Crippen LogP contribution in [0, 0.1) is 12.7 Å². The lowest BCUT2D eigenvalue weighted by Crippen LogP contribution is -2.10. The van der Waals surface area contributed by atoms with Crippen molar-refractivity contribution in [3.8, 4) is 0 Å². The summed E-state index contributed by atoms with van der Waals surface area (Å²) in [6, 6.07) is 5.60. The van der Waals surface area contributed by atoms with E-state index < -0.39 is 0 Å². The number of nitrogens with zero attached hydrogens (tertiary/aromatic N) is 2. The molecule has 0 spiro atoms. The molecule has 2 aromatic rings. The Morgan fingerprint density at radius 2 is 2.26 bits per heavy atom. The second kappa shape index (κ2) is 5.03. The molecule has 0 atom stereocenters. The number of aryl methyl sites for hydroxylation is 1. The van der Waals surface area contributed by atoms with E-state index in [4.69, 9.17) is 0 Å². The minimum Gasteiger partial charge on any atom is -0.355 e. The molecule has 1 fully saturated rings. The largest absolute Gasteiger partial charge is 0.355 e. The van der Waals surface area contributed by atoms with Crippen molar-refractivity contribution >= 4 is 5.95 Å². The average Bonchev–Trinajstić information content (AvgIpc) is 3.12. The van der Waals surface area contributed by atoms with Crippen LogP contribution in [0.3, 0.4) is 0 Å². The van der Waals surface area contributed by atoms with Gasteiger partial charge in [0.1, 0.15) is 5.82 Å². The van der Waals surface area contributed by atoms with Gasteiger partial charge in [0.2, 0.25) is 5.95 Å². The van der Waals surface area contributed by atoms with Crippen molar-refractivity contribution in [2.75, 3.05) is 11.9 Å². The molecule has 1 aliphatic rings. The Balaban J connectivity index is 1.59. The van der Waals surface area contributed by atoms with Crippen molar-refractivity contribution in [1.29, 1.82) is 0 Å². The van der Waals surface area contributed by atoms with Crippen LogP contribution < -0.4 is 5.32 Å². The summed E-state index contributed by atoms with van der Waals surface area (Å²) in [5.74, 6) is 0.778. The molecule has 19 heavy (non-hydrogen) atoms. The van der Waals surface area contributed by atoms with Gasteiger partial charge in [-0.1, -0.05) is 6.07 Å². The van der Waals surface area contributed by atoms with Crippen LogP contribution in [0.2, 0.25) is 0 Å². The van der Waals surface area contributed by atoms with Crippen LogP contribution >= 0.6 is 0 Å². The lowest BCUT2D eigenvalue weighted by Gasteiger charge is -2.10. The Bertz CT molecular complexity index is 573. The van der Waals surface area contributed by atoms with Gasteiger partial charge in [-0.3, -0.25) is 0 Å². The summed E-state index contributed by atoms with van der Waals surface area (Å²) >= 11 is 0. The summed E-state index contributed by atoms with van der Waals surface area (Å²) in [7, 11) is 0. The van der Waals surface area contributed by atoms with Gasteiger partial charge in [0.25, 0.3) is 0 Å². The Hall–Kier alpha value is -1.84. The molecular weight excluding hydrogens is 241 g/mol. The lowest BCUT2D eigenvalue weighted by molar-refractivity contribution is 0.625. The number of benzene rings is 1. The number of rotatable bonds is 5. The zero-order valence-electron chi connectivity index (χ0n) is 11.1. The fraction of sp³-hybridized carbons (Fsp3) is 0.400. The fourth-order valence-corrected chi connectivity index (χ4v) is 2.35. The second-order valence-electron chi connectivity index (χ2n) is 5.14. The van der Waals surface area contributed by atoms with Gasteiger partial charge in [0, 0.05) is 25.0 Å². The minimum atomic E-state index is -0.168. The highest BCUT2D eigenvalue weighted by Gasteiger charge is 2.25. The minimum absolute atomic E-state index is 0.168. The van der Waals surface area contributed by atoms with E-state index in [-0.39, 0.29) is 5.82 Å². The number of hydrogen-bond acceptors (Lipinski definition) is 2. The number of imidazole rings is 1. The van der Waals surface area contributed by atoms with Crippen LogP contribution in [0.25, 0.3) is 0 Å². The number of nitrogens with one attached hydrogen (secondary N) is 1. The maximum Gasteiger partial charge on any atom is 0.203 e. The quantitative estimate of drug-likeness (QED) is 0.892. The summed E-state index contributed by atoms with van der Waals surface area (Å²) in [4.78, 5) is 4.34. The monoisotopic (exact) mass is 259 g/mol. The Labute approximate surface area is 112 Å². The predicted molar refractivity (Wildman–Crippen MR) is 73.8 cm³/mol. The van der Waals surface area contributed by atoms with Gasteiger partial charge in [-0.25, -0.2) is 9.37 Å². The SMILES string of the molecule is Cc1cc(F)ccc1CCNc1nccn1C1CC1. The van der Waals surface area contributed by atoms with E-state index in [0.29, 0.717) is 6.04 Å². The first-order valence-electron chi connectivity index (χ1n) is 6.76. The highest BCUT2D eigenvalue weighted by molar-refractivity contribution is 5.31.